The molecule has 0 saturated carbocycles. The second-order valence-electron chi connectivity index (χ2n) is 8.52. The SMILES string of the molecule is CCOc1ccc([C@H]2[C@H](C(=O)c3ccccc3)N3c4ccccc4C=C[C@H]3C2(C#N)C#N)cc1. The van der Waals surface area contributed by atoms with Gasteiger partial charge in [0.2, 0.25) is 0 Å². The van der Waals surface area contributed by atoms with E-state index in [-0.39, 0.29) is 5.78 Å². The molecule has 5 nitrogen and oxygen atoms in total. The number of fused-ring (bicyclic) bond motifs is 3. The summed E-state index contributed by atoms with van der Waals surface area (Å²) in [5.41, 5.74) is 1.68. The van der Waals surface area contributed by atoms with Crippen LogP contribution < -0.4 is 9.64 Å². The van der Waals surface area contributed by atoms with Crippen molar-refractivity contribution in [2.24, 2.45) is 5.41 Å². The summed E-state index contributed by atoms with van der Waals surface area (Å²) in [5.74, 6) is -0.0636. The van der Waals surface area contributed by atoms with Crippen LogP contribution in [0.3, 0.4) is 0 Å². The molecule has 3 aromatic carbocycles. The molecule has 3 aromatic rings. The minimum Gasteiger partial charge on any atom is -0.494 e. The van der Waals surface area contributed by atoms with Crippen LogP contribution in [0.15, 0.2) is 84.9 Å². The van der Waals surface area contributed by atoms with Crippen LogP contribution >= 0.6 is 0 Å². The Morgan fingerprint density at radius 3 is 2.32 bits per heavy atom. The molecule has 3 atom stereocenters. The summed E-state index contributed by atoms with van der Waals surface area (Å²) in [6, 6.07) is 27.7. The van der Waals surface area contributed by atoms with Gasteiger partial charge in [-0.05, 0) is 36.2 Å². The van der Waals surface area contributed by atoms with Gasteiger partial charge in [0.25, 0.3) is 0 Å². The molecule has 5 rings (SSSR count). The fourth-order valence-corrected chi connectivity index (χ4v) is 5.32. The number of nitrogens with zero attached hydrogens (tertiary/aromatic N) is 3. The molecule has 0 aromatic heterocycles. The Morgan fingerprint density at radius 2 is 1.65 bits per heavy atom. The van der Waals surface area contributed by atoms with Crippen LogP contribution in [0.25, 0.3) is 6.08 Å². The summed E-state index contributed by atoms with van der Waals surface area (Å²) in [5, 5.41) is 21.0. The predicted molar refractivity (Wildman–Crippen MR) is 130 cm³/mol. The summed E-state index contributed by atoms with van der Waals surface area (Å²) < 4.78 is 5.59. The van der Waals surface area contributed by atoms with Crippen molar-refractivity contribution in [2.75, 3.05) is 11.5 Å². The number of Topliss-reactive ketones (excluding diaryl/α,β-unsaturated/α-hetero) is 1. The van der Waals surface area contributed by atoms with Crippen LogP contribution in [0.4, 0.5) is 5.69 Å². The lowest BCUT2D eigenvalue weighted by molar-refractivity contribution is 0.0951. The lowest BCUT2D eigenvalue weighted by Crippen LogP contribution is -2.44. The van der Waals surface area contributed by atoms with Crippen molar-refractivity contribution in [2.45, 2.75) is 24.9 Å². The Hall–Kier alpha value is -4.35. The Bertz CT molecular complexity index is 1320. The first-order chi connectivity index (χ1) is 16.6. The summed E-state index contributed by atoms with van der Waals surface area (Å²) >= 11 is 0. The molecule has 166 valence electrons. The topological polar surface area (TPSA) is 77.1 Å². The molecule has 0 spiro atoms. The van der Waals surface area contributed by atoms with Crippen molar-refractivity contribution in [1.82, 2.24) is 0 Å². The zero-order chi connectivity index (χ0) is 23.7. The third-order valence-corrected chi connectivity index (χ3v) is 6.79. The Labute approximate surface area is 199 Å². The number of carbonyl (C=O) groups is 1. The molecule has 0 radical (unpaired) electrons. The zero-order valence-corrected chi connectivity index (χ0v) is 18.8. The monoisotopic (exact) mass is 445 g/mol. The van der Waals surface area contributed by atoms with Crippen LogP contribution in [0.5, 0.6) is 5.75 Å². The van der Waals surface area contributed by atoms with Crippen molar-refractivity contribution in [3.63, 3.8) is 0 Å². The average Bonchev–Trinajstić information content (AvgIpc) is 3.20. The van der Waals surface area contributed by atoms with Crippen molar-refractivity contribution >= 4 is 17.5 Å². The van der Waals surface area contributed by atoms with Gasteiger partial charge in [-0.25, -0.2) is 0 Å². The number of anilines is 1. The van der Waals surface area contributed by atoms with Gasteiger partial charge in [-0.2, -0.15) is 10.5 Å². The van der Waals surface area contributed by atoms with E-state index in [0.29, 0.717) is 17.9 Å². The lowest BCUT2D eigenvalue weighted by Gasteiger charge is -2.35. The van der Waals surface area contributed by atoms with Gasteiger partial charge in [-0.3, -0.25) is 4.79 Å². The first-order valence-electron chi connectivity index (χ1n) is 11.3. The number of hydrogen-bond acceptors (Lipinski definition) is 5. The molecule has 1 saturated heterocycles. The molecule has 2 aliphatic rings. The van der Waals surface area contributed by atoms with Crippen molar-refractivity contribution in [3.05, 3.63) is 102 Å². The molecule has 0 bridgehead atoms. The Morgan fingerprint density at radius 1 is 0.971 bits per heavy atom. The molecule has 2 heterocycles. The number of ether oxygens (including phenoxy) is 1. The summed E-state index contributed by atoms with van der Waals surface area (Å²) in [7, 11) is 0. The highest BCUT2D eigenvalue weighted by Gasteiger charge is 2.63. The highest BCUT2D eigenvalue weighted by Crippen LogP contribution is 2.55. The standard InChI is InChI=1S/C29H23N3O2/c1-2-34-23-15-12-21(13-16-23)26-27(28(33)22-9-4-3-5-10-22)32-24-11-7-6-8-20(24)14-17-25(32)29(26,18-30)19-31/h3-17,25-27H,2H2,1H3/t25-,26-,27+/m0/s1. The third kappa shape index (κ3) is 3.17. The van der Waals surface area contributed by atoms with E-state index in [1.54, 1.807) is 12.1 Å². The van der Waals surface area contributed by atoms with Crippen LogP contribution in [0.2, 0.25) is 0 Å². The highest BCUT2D eigenvalue weighted by molar-refractivity contribution is 6.04. The van der Waals surface area contributed by atoms with Crippen molar-refractivity contribution < 1.29 is 9.53 Å². The lowest BCUT2D eigenvalue weighted by atomic mass is 9.69. The summed E-state index contributed by atoms with van der Waals surface area (Å²) in [6.07, 6.45) is 3.85. The van der Waals surface area contributed by atoms with E-state index in [9.17, 15) is 15.3 Å². The maximum absolute atomic E-state index is 14.1. The highest BCUT2D eigenvalue weighted by atomic mass is 16.5. The van der Waals surface area contributed by atoms with Gasteiger partial charge >= 0.3 is 0 Å². The van der Waals surface area contributed by atoms with E-state index in [2.05, 4.69) is 12.1 Å². The molecule has 5 heteroatoms. The van der Waals surface area contributed by atoms with Gasteiger partial charge in [0.05, 0.1) is 24.8 Å². The van der Waals surface area contributed by atoms with E-state index >= 15 is 0 Å². The van der Waals surface area contributed by atoms with Gasteiger partial charge in [0, 0.05) is 17.2 Å². The second kappa shape index (κ2) is 8.54. The quantitative estimate of drug-likeness (QED) is 0.494. The molecular formula is C29H23N3O2. The minimum absolute atomic E-state index is 0.109. The van der Waals surface area contributed by atoms with Crippen LogP contribution in [-0.4, -0.2) is 24.5 Å². The predicted octanol–water partition coefficient (Wildman–Crippen LogP) is 5.37. The zero-order valence-electron chi connectivity index (χ0n) is 18.8. The largest absolute Gasteiger partial charge is 0.494 e. The van der Waals surface area contributed by atoms with E-state index in [4.69, 9.17) is 4.74 Å². The molecule has 0 N–H and O–H groups in total. The minimum atomic E-state index is -1.45. The second-order valence-corrected chi connectivity index (χ2v) is 8.52. The van der Waals surface area contributed by atoms with E-state index < -0.39 is 23.4 Å². The number of hydrogen-bond donors (Lipinski definition) is 0. The fraction of sp³-hybridized carbons (Fsp3) is 0.207. The summed E-state index contributed by atoms with van der Waals surface area (Å²) in [4.78, 5) is 16.1. The van der Waals surface area contributed by atoms with Crippen LogP contribution in [-0.2, 0) is 0 Å². The van der Waals surface area contributed by atoms with Gasteiger partial charge in [-0.15, -0.1) is 0 Å². The maximum atomic E-state index is 14.1. The average molecular weight is 446 g/mol. The van der Waals surface area contributed by atoms with Gasteiger partial charge < -0.3 is 9.64 Å². The third-order valence-electron chi connectivity index (χ3n) is 6.79. The number of para-hydroxylation sites is 1. The molecule has 1 fully saturated rings. The number of nitriles is 2. The number of ketones is 1. The molecule has 2 aliphatic heterocycles. The Balaban J connectivity index is 1.74. The van der Waals surface area contributed by atoms with Crippen LogP contribution in [0.1, 0.15) is 34.3 Å². The summed E-state index contributed by atoms with van der Waals surface area (Å²) in [6.45, 7) is 2.45. The molecule has 0 amide bonds. The maximum Gasteiger partial charge on any atom is 0.185 e. The first kappa shape index (κ1) is 21.5. The number of benzene rings is 3. The molecular weight excluding hydrogens is 422 g/mol. The normalized spacial score (nSPS) is 21.6. The van der Waals surface area contributed by atoms with E-state index in [0.717, 1.165) is 16.8 Å². The molecule has 0 aliphatic carbocycles. The van der Waals surface area contributed by atoms with Gasteiger partial charge in [-0.1, -0.05) is 72.8 Å². The molecule has 0 unspecified atom stereocenters. The number of carbonyl (C=O) groups excluding carboxylic acids is 1. The van der Waals surface area contributed by atoms with Crippen LogP contribution in [0, 0.1) is 28.1 Å². The van der Waals surface area contributed by atoms with Crippen molar-refractivity contribution in [1.29, 1.82) is 10.5 Å². The Kier molecular flexibility index (Phi) is 5.40. The van der Waals surface area contributed by atoms with E-state index in [1.165, 1.54) is 0 Å². The van der Waals surface area contributed by atoms with E-state index in [1.807, 2.05) is 90.7 Å². The number of rotatable bonds is 5. The van der Waals surface area contributed by atoms with Gasteiger partial charge in [0.1, 0.15) is 11.8 Å². The molecule has 34 heavy (non-hydrogen) atoms. The van der Waals surface area contributed by atoms with Crippen molar-refractivity contribution in [3.8, 4) is 17.9 Å². The van der Waals surface area contributed by atoms with Gasteiger partial charge in [0.15, 0.2) is 11.2 Å². The smallest absolute Gasteiger partial charge is 0.185 e. The first-order valence-corrected chi connectivity index (χ1v) is 11.3. The fourth-order valence-electron chi connectivity index (χ4n) is 5.32.